The molecule has 0 N–H and O–H groups in total. The van der Waals surface area contributed by atoms with Crippen molar-refractivity contribution in [2.24, 2.45) is 11.8 Å². The minimum Gasteiger partial charge on any atom is -0.463 e. The molecule has 30 heavy (non-hydrogen) atoms. The predicted octanol–water partition coefficient (Wildman–Crippen LogP) is 3.47. The SMILES string of the molecule is CCCc1c2c(nc3ccccc13)C1=CC3C(COC(=O)[C@@]3(CC)OC)C(=O)N1C2. The Hall–Kier alpha value is -2.73. The highest BCUT2D eigenvalue weighted by Crippen LogP contribution is 2.48. The van der Waals surface area contributed by atoms with Gasteiger partial charge in [-0.3, -0.25) is 4.79 Å². The fourth-order valence-corrected chi connectivity index (χ4v) is 5.42. The second kappa shape index (κ2) is 6.91. The second-order valence-electron chi connectivity index (χ2n) is 8.34. The first-order valence-corrected chi connectivity index (χ1v) is 10.7. The van der Waals surface area contributed by atoms with E-state index in [0.29, 0.717) is 13.0 Å². The molecule has 5 rings (SSSR count). The molecule has 0 saturated carbocycles. The van der Waals surface area contributed by atoms with Crippen molar-refractivity contribution in [2.75, 3.05) is 13.7 Å². The predicted molar refractivity (Wildman–Crippen MR) is 112 cm³/mol. The number of para-hydroxylation sites is 1. The highest BCUT2D eigenvalue weighted by Gasteiger charge is 2.57. The number of fused-ring (bicyclic) bond motifs is 5. The van der Waals surface area contributed by atoms with Crippen LogP contribution < -0.4 is 0 Å². The maximum absolute atomic E-state index is 13.5. The molecule has 0 radical (unpaired) electrons. The molecule has 3 atom stereocenters. The van der Waals surface area contributed by atoms with E-state index in [2.05, 4.69) is 13.0 Å². The van der Waals surface area contributed by atoms with Crippen LogP contribution in [0, 0.1) is 11.8 Å². The zero-order valence-corrected chi connectivity index (χ0v) is 17.6. The molecule has 0 aliphatic carbocycles. The Morgan fingerprint density at radius 1 is 1.27 bits per heavy atom. The Balaban J connectivity index is 1.72. The van der Waals surface area contributed by atoms with E-state index >= 15 is 0 Å². The quantitative estimate of drug-likeness (QED) is 0.728. The normalized spacial score (nSPS) is 27.4. The number of hydrogen-bond donors (Lipinski definition) is 0. The van der Waals surface area contributed by atoms with E-state index in [4.69, 9.17) is 14.5 Å². The number of ether oxygens (including phenoxy) is 2. The summed E-state index contributed by atoms with van der Waals surface area (Å²) < 4.78 is 11.1. The Morgan fingerprint density at radius 2 is 2.07 bits per heavy atom. The number of carbonyl (C=O) groups excluding carboxylic acids is 2. The first-order chi connectivity index (χ1) is 14.6. The number of aryl methyl sites for hydroxylation is 1. The zero-order chi connectivity index (χ0) is 21.0. The van der Waals surface area contributed by atoms with E-state index < -0.39 is 11.5 Å². The van der Waals surface area contributed by atoms with Gasteiger partial charge in [0.05, 0.1) is 29.4 Å². The van der Waals surface area contributed by atoms with Gasteiger partial charge in [0.15, 0.2) is 5.60 Å². The number of aromatic nitrogens is 1. The molecule has 1 aromatic carbocycles. The lowest BCUT2D eigenvalue weighted by molar-refractivity contribution is -0.195. The molecule has 1 fully saturated rings. The molecule has 2 aromatic rings. The minimum absolute atomic E-state index is 0.00983. The minimum atomic E-state index is -1.14. The molecule has 0 spiro atoms. The highest BCUT2D eigenvalue weighted by atomic mass is 16.6. The first kappa shape index (κ1) is 19.2. The number of nitrogens with zero attached hydrogens (tertiary/aromatic N) is 2. The number of rotatable bonds is 4. The highest BCUT2D eigenvalue weighted by molar-refractivity contribution is 5.98. The zero-order valence-electron chi connectivity index (χ0n) is 17.6. The smallest absolute Gasteiger partial charge is 0.339 e. The van der Waals surface area contributed by atoms with Crippen LogP contribution in [0.4, 0.5) is 0 Å². The fourth-order valence-electron chi connectivity index (χ4n) is 5.42. The van der Waals surface area contributed by atoms with Gasteiger partial charge in [-0.25, -0.2) is 9.78 Å². The Labute approximate surface area is 175 Å². The van der Waals surface area contributed by atoms with Crippen molar-refractivity contribution in [2.45, 2.75) is 45.3 Å². The van der Waals surface area contributed by atoms with Gasteiger partial charge in [0, 0.05) is 24.0 Å². The van der Waals surface area contributed by atoms with E-state index in [9.17, 15) is 9.59 Å². The second-order valence-corrected chi connectivity index (χ2v) is 8.34. The average molecular weight is 406 g/mol. The van der Waals surface area contributed by atoms with Gasteiger partial charge in [-0.15, -0.1) is 0 Å². The van der Waals surface area contributed by atoms with Crippen molar-refractivity contribution in [3.8, 4) is 0 Å². The number of esters is 1. The fraction of sp³-hybridized carbons (Fsp3) is 0.458. The molecule has 3 aliphatic heterocycles. The summed E-state index contributed by atoms with van der Waals surface area (Å²) in [6.07, 6.45) is 4.44. The van der Waals surface area contributed by atoms with Crippen molar-refractivity contribution >= 4 is 28.5 Å². The van der Waals surface area contributed by atoms with Gasteiger partial charge in [-0.2, -0.15) is 0 Å². The topological polar surface area (TPSA) is 68.7 Å². The third-order valence-corrected chi connectivity index (χ3v) is 6.98. The van der Waals surface area contributed by atoms with E-state index in [1.54, 1.807) is 0 Å². The molecule has 3 aliphatic rings. The molecular formula is C24H26N2O4. The van der Waals surface area contributed by atoms with E-state index in [1.165, 1.54) is 12.7 Å². The Kier molecular flexibility index (Phi) is 4.43. The summed E-state index contributed by atoms with van der Waals surface area (Å²) in [7, 11) is 1.52. The van der Waals surface area contributed by atoms with E-state index in [-0.39, 0.29) is 24.4 Å². The third-order valence-electron chi connectivity index (χ3n) is 6.98. The van der Waals surface area contributed by atoms with Gasteiger partial charge in [0.25, 0.3) is 0 Å². The van der Waals surface area contributed by atoms with Crippen molar-refractivity contribution in [1.82, 2.24) is 9.88 Å². The Bertz CT molecular complexity index is 1090. The van der Waals surface area contributed by atoms with E-state index in [1.807, 2.05) is 36.1 Å². The van der Waals surface area contributed by atoms with Crippen LogP contribution in [-0.2, 0) is 32.0 Å². The lowest BCUT2D eigenvalue weighted by atomic mass is 9.72. The third kappa shape index (κ3) is 2.43. The number of benzene rings is 1. The molecule has 6 nitrogen and oxygen atoms in total. The van der Waals surface area contributed by atoms with Crippen LogP contribution in [0.5, 0.6) is 0 Å². The lowest BCUT2D eigenvalue weighted by Gasteiger charge is -2.46. The molecule has 1 aromatic heterocycles. The molecule has 4 heterocycles. The van der Waals surface area contributed by atoms with Crippen molar-refractivity contribution < 1.29 is 19.1 Å². The number of methoxy groups -OCH3 is 1. The molecule has 0 bridgehead atoms. The van der Waals surface area contributed by atoms with Crippen LogP contribution in [0.15, 0.2) is 30.3 Å². The maximum atomic E-state index is 13.5. The molecule has 156 valence electrons. The summed E-state index contributed by atoms with van der Waals surface area (Å²) in [5.41, 5.74) is 3.87. The summed E-state index contributed by atoms with van der Waals surface area (Å²) in [5.74, 6) is -1.18. The maximum Gasteiger partial charge on any atom is 0.339 e. The standard InChI is InChI=1S/C24H26N2O4/c1-4-8-14-15-9-6-7-10-19(15)25-21-16(14)12-26-20(21)11-18-17(22(26)27)13-30-23(28)24(18,5-2)29-3/h6-7,9-11,17-18H,4-5,8,12-13H2,1-3H3/t17?,18?,24-/m0/s1. The summed E-state index contributed by atoms with van der Waals surface area (Å²) in [4.78, 5) is 33.0. The molecule has 1 amide bonds. The number of amides is 1. The van der Waals surface area contributed by atoms with Crippen LogP contribution in [0.3, 0.4) is 0 Å². The van der Waals surface area contributed by atoms with Crippen LogP contribution in [0.1, 0.15) is 43.5 Å². The van der Waals surface area contributed by atoms with Gasteiger partial charge in [-0.1, -0.05) is 44.5 Å². The number of hydrogen-bond acceptors (Lipinski definition) is 5. The first-order valence-electron chi connectivity index (χ1n) is 10.7. The van der Waals surface area contributed by atoms with E-state index in [0.717, 1.165) is 40.7 Å². The lowest BCUT2D eigenvalue weighted by Crippen LogP contribution is -2.59. The van der Waals surface area contributed by atoms with Gasteiger partial charge in [0.1, 0.15) is 6.61 Å². The van der Waals surface area contributed by atoms with Gasteiger partial charge in [0.2, 0.25) is 5.91 Å². The van der Waals surface area contributed by atoms with Crippen molar-refractivity contribution in [1.29, 1.82) is 0 Å². The molecule has 6 heteroatoms. The van der Waals surface area contributed by atoms with Gasteiger partial charge in [-0.05, 0) is 24.5 Å². The average Bonchev–Trinajstić information content (AvgIpc) is 3.13. The van der Waals surface area contributed by atoms with Crippen LogP contribution in [-0.4, -0.2) is 41.1 Å². The van der Waals surface area contributed by atoms with Gasteiger partial charge < -0.3 is 14.4 Å². The summed E-state index contributed by atoms with van der Waals surface area (Å²) in [5, 5.41) is 1.15. The summed E-state index contributed by atoms with van der Waals surface area (Å²) >= 11 is 0. The van der Waals surface area contributed by atoms with Crippen LogP contribution >= 0.6 is 0 Å². The van der Waals surface area contributed by atoms with Crippen molar-refractivity contribution in [3.05, 3.63) is 47.2 Å². The monoisotopic (exact) mass is 406 g/mol. The van der Waals surface area contributed by atoms with Crippen LogP contribution in [0.25, 0.3) is 16.6 Å². The summed E-state index contributed by atoms with van der Waals surface area (Å²) in [6.45, 7) is 4.69. The van der Waals surface area contributed by atoms with Crippen LogP contribution in [0.2, 0.25) is 0 Å². The van der Waals surface area contributed by atoms with Gasteiger partial charge >= 0.3 is 5.97 Å². The van der Waals surface area contributed by atoms with Crippen molar-refractivity contribution in [3.63, 3.8) is 0 Å². The number of pyridine rings is 1. The molecule has 1 saturated heterocycles. The molecule has 2 unspecified atom stereocenters. The molecular weight excluding hydrogens is 380 g/mol. The largest absolute Gasteiger partial charge is 0.463 e. The number of cyclic esters (lactones) is 1. The number of carbonyl (C=O) groups is 2. The Morgan fingerprint density at radius 3 is 2.80 bits per heavy atom. The summed E-state index contributed by atoms with van der Waals surface area (Å²) in [6, 6.07) is 8.16.